The lowest BCUT2D eigenvalue weighted by molar-refractivity contribution is 0.0450. The van der Waals surface area contributed by atoms with Gasteiger partial charge >= 0.3 is 11.9 Å². The Labute approximate surface area is 145 Å². The molecule has 4 heteroatoms. The van der Waals surface area contributed by atoms with Crippen LogP contribution in [0.3, 0.4) is 0 Å². The van der Waals surface area contributed by atoms with Gasteiger partial charge < -0.3 is 9.47 Å². The number of unbranched alkanes of at least 4 members (excludes halogenated alkanes) is 4. The summed E-state index contributed by atoms with van der Waals surface area (Å²) in [5.41, 5.74) is 2.52. The Morgan fingerprint density at radius 2 is 1.12 bits per heavy atom. The fraction of sp³-hybridized carbons (Fsp3) is 0.600. The molecule has 0 aliphatic rings. The van der Waals surface area contributed by atoms with Crippen LogP contribution in [-0.2, 0) is 9.47 Å². The van der Waals surface area contributed by atoms with Crippen LogP contribution in [0.5, 0.6) is 0 Å². The molecule has 1 aromatic carbocycles. The van der Waals surface area contributed by atoms with E-state index in [4.69, 9.17) is 9.47 Å². The van der Waals surface area contributed by atoms with Crippen LogP contribution in [0.15, 0.2) is 12.1 Å². The van der Waals surface area contributed by atoms with Crippen LogP contribution < -0.4 is 0 Å². The summed E-state index contributed by atoms with van der Waals surface area (Å²) in [6.45, 7) is 8.78. The standard InChI is InChI=1S/C20H30O4/c1-5-7-9-11-23-19(21)17-13-15(3)16(4)14-18(17)20(22)24-12-10-8-6-2/h13-14H,5-12H2,1-4H3. The van der Waals surface area contributed by atoms with Crippen molar-refractivity contribution in [2.75, 3.05) is 13.2 Å². The van der Waals surface area contributed by atoms with E-state index in [1.54, 1.807) is 12.1 Å². The van der Waals surface area contributed by atoms with Gasteiger partial charge in [-0.25, -0.2) is 9.59 Å². The van der Waals surface area contributed by atoms with Crippen molar-refractivity contribution in [3.8, 4) is 0 Å². The number of carbonyl (C=O) groups is 2. The molecule has 0 radical (unpaired) electrons. The summed E-state index contributed by atoms with van der Waals surface area (Å²) in [5, 5.41) is 0. The highest BCUT2D eigenvalue weighted by atomic mass is 16.5. The first-order valence-corrected chi connectivity index (χ1v) is 8.96. The maximum Gasteiger partial charge on any atom is 0.339 e. The maximum atomic E-state index is 12.3. The minimum Gasteiger partial charge on any atom is -0.462 e. The minimum absolute atomic E-state index is 0.301. The number of rotatable bonds is 10. The molecule has 0 bridgehead atoms. The first kappa shape index (κ1) is 20.2. The second-order valence-electron chi connectivity index (χ2n) is 6.17. The lowest BCUT2D eigenvalue weighted by atomic mass is 10.00. The van der Waals surface area contributed by atoms with E-state index in [0.29, 0.717) is 24.3 Å². The van der Waals surface area contributed by atoms with E-state index in [1.807, 2.05) is 13.8 Å². The molecule has 0 N–H and O–H groups in total. The highest BCUT2D eigenvalue weighted by Crippen LogP contribution is 2.19. The van der Waals surface area contributed by atoms with Gasteiger partial charge in [0, 0.05) is 0 Å². The van der Waals surface area contributed by atoms with Crippen LogP contribution in [-0.4, -0.2) is 25.2 Å². The number of hydrogen-bond donors (Lipinski definition) is 0. The molecule has 0 spiro atoms. The molecule has 4 nitrogen and oxygen atoms in total. The van der Waals surface area contributed by atoms with E-state index in [0.717, 1.165) is 49.7 Å². The van der Waals surface area contributed by atoms with Crippen molar-refractivity contribution in [3.63, 3.8) is 0 Å². The van der Waals surface area contributed by atoms with E-state index in [1.165, 1.54) is 0 Å². The van der Waals surface area contributed by atoms with Crippen LogP contribution >= 0.6 is 0 Å². The van der Waals surface area contributed by atoms with E-state index >= 15 is 0 Å². The topological polar surface area (TPSA) is 52.6 Å². The number of hydrogen-bond acceptors (Lipinski definition) is 4. The molecule has 1 aromatic rings. The van der Waals surface area contributed by atoms with Gasteiger partial charge in [0.2, 0.25) is 0 Å². The third-order valence-corrected chi connectivity index (χ3v) is 4.04. The Hall–Kier alpha value is -1.84. The second kappa shape index (κ2) is 10.8. The summed E-state index contributed by atoms with van der Waals surface area (Å²) >= 11 is 0. The van der Waals surface area contributed by atoms with Gasteiger partial charge in [0.25, 0.3) is 0 Å². The number of aryl methyl sites for hydroxylation is 2. The molecule has 0 aliphatic heterocycles. The fourth-order valence-corrected chi connectivity index (χ4v) is 2.34. The van der Waals surface area contributed by atoms with Crippen molar-refractivity contribution in [1.82, 2.24) is 0 Å². The lowest BCUT2D eigenvalue weighted by Crippen LogP contribution is -2.16. The SMILES string of the molecule is CCCCCOC(=O)c1cc(C)c(C)cc1C(=O)OCCCCC. The van der Waals surface area contributed by atoms with Gasteiger partial charge in [-0.15, -0.1) is 0 Å². The normalized spacial score (nSPS) is 10.5. The van der Waals surface area contributed by atoms with Crippen LogP contribution in [0, 0.1) is 13.8 Å². The number of ether oxygens (including phenoxy) is 2. The second-order valence-corrected chi connectivity index (χ2v) is 6.17. The molecule has 0 unspecified atom stereocenters. The largest absolute Gasteiger partial charge is 0.462 e. The molecule has 0 atom stereocenters. The van der Waals surface area contributed by atoms with Gasteiger partial charge in [0.05, 0.1) is 24.3 Å². The zero-order valence-electron chi connectivity index (χ0n) is 15.4. The first-order valence-electron chi connectivity index (χ1n) is 8.96. The Kier molecular flexibility index (Phi) is 9.13. The van der Waals surface area contributed by atoms with Crippen molar-refractivity contribution < 1.29 is 19.1 Å². The van der Waals surface area contributed by atoms with Crippen molar-refractivity contribution in [3.05, 3.63) is 34.4 Å². The first-order chi connectivity index (χ1) is 11.5. The average Bonchev–Trinajstić information content (AvgIpc) is 2.57. The summed E-state index contributed by atoms with van der Waals surface area (Å²) in [4.78, 5) is 24.7. The molecular weight excluding hydrogens is 304 g/mol. The molecule has 0 heterocycles. The molecular formula is C20H30O4. The zero-order chi connectivity index (χ0) is 17.9. The summed E-state index contributed by atoms with van der Waals surface area (Å²) in [6.07, 6.45) is 5.85. The van der Waals surface area contributed by atoms with Gasteiger partial charge in [-0.3, -0.25) is 0 Å². The summed E-state index contributed by atoms with van der Waals surface area (Å²) in [6, 6.07) is 3.44. The van der Waals surface area contributed by atoms with Crippen molar-refractivity contribution in [2.24, 2.45) is 0 Å². The Morgan fingerprint density at radius 3 is 1.46 bits per heavy atom. The van der Waals surface area contributed by atoms with Crippen LogP contribution in [0.25, 0.3) is 0 Å². The predicted molar refractivity (Wildman–Crippen MR) is 95.5 cm³/mol. The van der Waals surface area contributed by atoms with E-state index in [2.05, 4.69) is 13.8 Å². The quantitative estimate of drug-likeness (QED) is 0.446. The third-order valence-electron chi connectivity index (χ3n) is 4.04. The molecule has 0 amide bonds. The van der Waals surface area contributed by atoms with E-state index in [9.17, 15) is 9.59 Å². The predicted octanol–water partition coefficient (Wildman–Crippen LogP) is 5.00. The minimum atomic E-state index is -0.449. The Bertz CT molecular complexity index is 500. The molecule has 0 aromatic heterocycles. The van der Waals surface area contributed by atoms with Gasteiger partial charge in [-0.05, 0) is 49.9 Å². The molecule has 0 aliphatic carbocycles. The van der Waals surface area contributed by atoms with Gasteiger partial charge in [0.15, 0.2) is 0 Å². The van der Waals surface area contributed by atoms with Crippen LogP contribution in [0.1, 0.15) is 84.2 Å². The highest BCUT2D eigenvalue weighted by molar-refractivity contribution is 6.03. The maximum absolute atomic E-state index is 12.3. The fourth-order valence-electron chi connectivity index (χ4n) is 2.34. The molecule has 0 saturated heterocycles. The number of carbonyl (C=O) groups excluding carboxylic acids is 2. The molecule has 0 fully saturated rings. The zero-order valence-corrected chi connectivity index (χ0v) is 15.4. The van der Waals surface area contributed by atoms with Gasteiger partial charge in [-0.1, -0.05) is 39.5 Å². The Morgan fingerprint density at radius 1 is 0.750 bits per heavy atom. The highest BCUT2D eigenvalue weighted by Gasteiger charge is 2.20. The molecule has 24 heavy (non-hydrogen) atoms. The molecule has 1 rings (SSSR count). The number of esters is 2. The van der Waals surface area contributed by atoms with E-state index < -0.39 is 11.9 Å². The van der Waals surface area contributed by atoms with Crippen molar-refractivity contribution >= 4 is 11.9 Å². The van der Waals surface area contributed by atoms with Crippen molar-refractivity contribution in [1.29, 1.82) is 0 Å². The smallest absolute Gasteiger partial charge is 0.339 e. The van der Waals surface area contributed by atoms with E-state index in [-0.39, 0.29) is 0 Å². The van der Waals surface area contributed by atoms with Crippen molar-refractivity contribution in [2.45, 2.75) is 66.2 Å². The molecule has 0 saturated carbocycles. The summed E-state index contributed by atoms with van der Waals surface area (Å²) < 4.78 is 10.6. The number of benzene rings is 1. The van der Waals surface area contributed by atoms with Crippen LogP contribution in [0.2, 0.25) is 0 Å². The summed E-state index contributed by atoms with van der Waals surface area (Å²) in [7, 11) is 0. The van der Waals surface area contributed by atoms with Gasteiger partial charge in [0.1, 0.15) is 0 Å². The Balaban J connectivity index is 2.83. The molecule has 134 valence electrons. The average molecular weight is 334 g/mol. The van der Waals surface area contributed by atoms with Gasteiger partial charge in [-0.2, -0.15) is 0 Å². The lowest BCUT2D eigenvalue weighted by Gasteiger charge is -2.12. The monoisotopic (exact) mass is 334 g/mol. The van der Waals surface area contributed by atoms with Crippen LogP contribution in [0.4, 0.5) is 0 Å². The summed E-state index contributed by atoms with van der Waals surface area (Å²) in [5.74, 6) is -0.899. The third kappa shape index (κ3) is 6.34.